The molecule has 0 amide bonds. The highest BCUT2D eigenvalue weighted by Gasteiger charge is 2.24. The Morgan fingerprint density at radius 3 is 2.74 bits per heavy atom. The lowest BCUT2D eigenvalue weighted by atomic mass is 9.95. The molecule has 0 aliphatic carbocycles. The highest BCUT2D eigenvalue weighted by molar-refractivity contribution is 5.54. The van der Waals surface area contributed by atoms with Crippen molar-refractivity contribution in [2.75, 3.05) is 11.9 Å². The van der Waals surface area contributed by atoms with E-state index in [0.717, 1.165) is 25.2 Å². The van der Waals surface area contributed by atoms with Gasteiger partial charge in [-0.15, -0.1) is 0 Å². The van der Waals surface area contributed by atoms with Crippen LogP contribution in [-0.2, 0) is 13.0 Å². The first-order chi connectivity index (χ1) is 9.24. The molecule has 0 bridgehead atoms. The molecule has 1 N–H and O–H groups in total. The Morgan fingerprint density at radius 1 is 1.16 bits per heavy atom. The quantitative estimate of drug-likeness (QED) is 0.868. The van der Waals surface area contributed by atoms with E-state index in [1.165, 1.54) is 48.9 Å². The summed E-state index contributed by atoms with van der Waals surface area (Å²) in [5.74, 6) is 0. The van der Waals surface area contributed by atoms with Crippen LogP contribution in [0.2, 0.25) is 0 Å². The lowest BCUT2D eigenvalue weighted by molar-refractivity contribution is 0.0952. The van der Waals surface area contributed by atoms with Crippen LogP contribution >= 0.6 is 0 Å². The largest absolute Gasteiger partial charge is 0.385 e. The molecular weight excluding hydrogens is 232 g/mol. The van der Waals surface area contributed by atoms with Crippen LogP contribution in [0.25, 0.3) is 0 Å². The first-order valence-corrected chi connectivity index (χ1v) is 7.85. The predicted molar refractivity (Wildman–Crippen MR) is 81.6 cm³/mol. The minimum absolute atomic E-state index is 0.734. The first-order valence-electron chi connectivity index (χ1n) is 7.85. The van der Waals surface area contributed by atoms with Crippen LogP contribution in [0, 0.1) is 0 Å². The average Bonchev–Trinajstić information content (AvgIpc) is 2.43. The van der Waals surface area contributed by atoms with Gasteiger partial charge in [-0.05, 0) is 56.7 Å². The zero-order valence-corrected chi connectivity index (χ0v) is 12.3. The summed E-state index contributed by atoms with van der Waals surface area (Å²) < 4.78 is 0. The SMILES string of the molecule is CC1CCCC(C)N1Cc1ccc2c(c1)CCCN2. The van der Waals surface area contributed by atoms with Gasteiger partial charge in [-0.3, -0.25) is 4.90 Å². The van der Waals surface area contributed by atoms with Gasteiger partial charge in [0.1, 0.15) is 0 Å². The van der Waals surface area contributed by atoms with Gasteiger partial charge in [-0.1, -0.05) is 18.6 Å². The number of nitrogens with one attached hydrogen (secondary N) is 1. The smallest absolute Gasteiger partial charge is 0.0372 e. The molecule has 0 radical (unpaired) electrons. The van der Waals surface area contributed by atoms with Crippen molar-refractivity contribution in [3.63, 3.8) is 0 Å². The molecule has 2 aliphatic rings. The van der Waals surface area contributed by atoms with Gasteiger partial charge in [0.2, 0.25) is 0 Å². The average molecular weight is 258 g/mol. The van der Waals surface area contributed by atoms with E-state index < -0.39 is 0 Å². The molecule has 0 saturated carbocycles. The van der Waals surface area contributed by atoms with Gasteiger partial charge in [0.25, 0.3) is 0 Å². The number of benzene rings is 1. The molecule has 2 unspecified atom stereocenters. The second-order valence-corrected chi connectivity index (χ2v) is 6.32. The standard InChI is InChI=1S/C17H26N2/c1-13-5-3-6-14(2)19(13)12-15-8-9-17-16(11-15)7-4-10-18-17/h8-9,11,13-14,18H,3-7,10,12H2,1-2H3. The van der Waals surface area contributed by atoms with Crippen molar-refractivity contribution in [1.82, 2.24) is 4.90 Å². The topological polar surface area (TPSA) is 15.3 Å². The molecule has 2 nitrogen and oxygen atoms in total. The molecule has 3 rings (SSSR count). The zero-order chi connectivity index (χ0) is 13.2. The first kappa shape index (κ1) is 13.0. The summed E-state index contributed by atoms with van der Waals surface area (Å²) in [4.78, 5) is 2.68. The van der Waals surface area contributed by atoms with E-state index in [1.807, 2.05) is 0 Å². The zero-order valence-electron chi connectivity index (χ0n) is 12.3. The number of hydrogen-bond acceptors (Lipinski definition) is 2. The Bertz CT molecular complexity index is 431. The van der Waals surface area contributed by atoms with Crippen LogP contribution in [0.5, 0.6) is 0 Å². The Hall–Kier alpha value is -1.02. The van der Waals surface area contributed by atoms with Gasteiger partial charge in [-0.2, -0.15) is 0 Å². The van der Waals surface area contributed by atoms with Crippen molar-refractivity contribution in [2.45, 2.75) is 64.6 Å². The van der Waals surface area contributed by atoms with E-state index in [2.05, 4.69) is 42.3 Å². The van der Waals surface area contributed by atoms with Gasteiger partial charge in [-0.25, -0.2) is 0 Å². The number of likely N-dealkylation sites (tertiary alicyclic amines) is 1. The summed E-state index contributed by atoms with van der Waals surface area (Å²) in [7, 11) is 0. The van der Waals surface area contributed by atoms with Crippen molar-refractivity contribution in [1.29, 1.82) is 0 Å². The number of anilines is 1. The van der Waals surface area contributed by atoms with E-state index in [4.69, 9.17) is 0 Å². The van der Waals surface area contributed by atoms with Crippen molar-refractivity contribution >= 4 is 5.69 Å². The molecule has 0 spiro atoms. The predicted octanol–water partition coefficient (Wildman–Crippen LogP) is 3.81. The summed E-state index contributed by atoms with van der Waals surface area (Å²) in [6.07, 6.45) is 6.62. The molecular formula is C17H26N2. The summed E-state index contributed by atoms with van der Waals surface area (Å²) in [5, 5.41) is 3.50. The summed E-state index contributed by atoms with van der Waals surface area (Å²) in [5.41, 5.74) is 4.36. The number of fused-ring (bicyclic) bond motifs is 1. The molecule has 19 heavy (non-hydrogen) atoms. The molecule has 1 fully saturated rings. The normalized spacial score (nSPS) is 27.7. The second-order valence-electron chi connectivity index (χ2n) is 6.32. The van der Waals surface area contributed by atoms with Crippen LogP contribution in [-0.4, -0.2) is 23.5 Å². The third-order valence-electron chi connectivity index (χ3n) is 4.85. The Labute approximate surface area is 117 Å². The summed E-state index contributed by atoms with van der Waals surface area (Å²) in [6.45, 7) is 7.02. The number of piperidine rings is 1. The number of rotatable bonds is 2. The Balaban J connectivity index is 1.75. The second kappa shape index (κ2) is 5.54. The highest BCUT2D eigenvalue weighted by Crippen LogP contribution is 2.27. The molecule has 1 saturated heterocycles. The molecule has 2 aliphatic heterocycles. The van der Waals surface area contributed by atoms with Gasteiger partial charge in [0.15, 0.2) is 0 Å². The highest BCUT2D eigenvalue weighted by atomic mass is 15.2. The molecule has 0 aromatic heterocycles. The fourth-order valence-electron chi connectivity index (χ4n) is 3.62. The van der Waals surface area contributed by atoms with Gasteiger partial charge in [0, 0.05) is 30.9 Å². The van der Waals surface area contributed by atoms with Crippen LogP contribution in [0.3, 0.4) is 0 Å². The molecule has 1 aromatic rings. The van der Waals surface area contributed by atoms with Crippen molar-refractivity contribution in [3.8, 4) is 0 Å². The van der Waals surface area contributed by atoms with Gasteiger partial charge < -0.3 is 5.32 Å². The third kappa shape index (κ3) is 2.79. The molecule has 1 aromatic carbocycles. The summed E-state index contributed by atoms with van der Waals surface area (Å²) >= 11 is 0. The molecule has 2 heteroatoms. The van der Waals surface area contributed by atoms with Crippen molar-refractivity contribution < 1.29 is 0 Å². The maximum Gasteiger partial charge on any atom is 0.0372 e. The molecule has 2 heterocycles. The number of hydrogen-bond donors (Lipinski definition) is 1. The maximum atomic E-state index is 3.50. The van der Waals surface area contributed by atoms with E-state index in [0.29, 0.717) is 0 Å². The van der Waals surface area contributed by atoms with Crippen molar-refractivity contribution in [2.24, 2.45) is 0 Å². The monoisotopic (exact) mass is 258 g/mol. The van der Waals surface area contributed by atoms with E-state index >= 15 is 0 Å². The maximum absolute atomic E-state index is 3.50. The summed E-state index contributed by atoms with van der Waals surface area (Å²) in [6, 6.07) is 8.49. The van der Waals surface area contributed by atoms with E-state index in [-0.39, 0.29) is 0 Å². The molecule has 104 valence electrons. The minimum Gasteiger partial charge on any atom is -0.385 e. The van der Waals surface area contributed by atoms with Gasteiger partial charge in [0.05, 0.1) is 0 Å². The van der Waals surface area contributed by atoms with Crippen molar-refractivity contribution in [3.05, 3.63) is 29.3 Å². The lowest BCUT2D eigenvalue weighted by Gasteiger charge is -2.39. The fraction of sp³-hybridized carbons (Fsp3) is 0.647. The molecule has 2 atom stereocenters. The van der Waals surface area contributed by atoms with Crippen LogP contribution in [0.1, 0.15) is 50.7 Å². The van der Waals surface area contributed by atoms with Crippen LogP contribution < -0.4 is 5.32 Å². The van der Waals surface area contributed by atoms with Crippen LogP contribution in [0.4, 0.5) is 5.69 Å². The van der Waals surface area contributed by atoms with Gasteiger partial charge >= 0.3 is 0 Å². The Kier molecular flexibility index (Phi) is 3.79. The van der Waals surface area contributed by atoms with E-state index in [1.54, 1.807) is 0 Å². The van der Waals surface area contributed by atoms with E-state index in [9.17, 15) is 0 Å². The number of nitrogens with zero attached hydrogens (tertiary/aromatic N) is 1. The lowest BCUT2D eigenvalue weighted by Crippen LogP contribution is -2.42. The number of aryl methyl sites for hydroxylation is 1. The fourth-order valence-corrected chi connectivity index (χ4v) is 3.62. The minimum atomic E-state index is 0.734. The third-order valence-corrected chi connectivity index (χ3v) is 4.85. The Morgan fingerprint density at radius 2 is 1.95 bits per heavy atom. The van der Waals surface area contributed by atoms with Crippen LogP contribution in [0.15, 0.2) is 18.2 Å².